The summed E-state index contributed by atoms with van der Waals surface area (Å²) in [6, 6.07) is 1.54. The van der Waals surface area contributed by atoms with Crippen LogP contribution in [0.1, 0.15) is 58.6 Å². The topological polar surface area (TPSA) is 124 Å². The summed E-state index contributed by atoms with van der Waals surface area (Å²) in [6.07, 6.45) is -1.37. The number of carbonyl (C=O) groups is 3. The zero-order valence-corrected chi connectivity index (χ0v) is 16.1. The maximum Gasteiger partial charge on any atom is 0.355 e. The molecule has 2 rings (SSSR count). The minimum atomic E-state index is -1.08. The van der Waals surface area contributed by atoms with Gasteiger partial charge in [0.15, 0.2) is 11.9 Å². The van der Waals surface area contributed by atoms with Crippen molar-refractivity contribution >= 4 is 23.7 Å². The van der Waals surface area contributed by atoms with Gasteiger partial charge in [0, 0.05) is 11.8 Å². The molecule has 0 fully saturated rings. The second-order valence-electron chi connectivity index (χ2n) is 6.44. The summed E-state index contributed by atoms with van der Waals surface area (Å²) in [6.45, 7) is 9.86. The summed E-state index contributed by atoms with van der Waals surface area (Å²) >= 11 is 0. The number of aryl methyl sites for hydroxylation is 2. The smallest absolute Gasteiger partial charge is 0.355 e. The van der Waals surface area contributed by atoms with Crippen LogP contribution >= 0.6 is 0 Å². The van der Waals surface area contributed by atoms with E-state index in [0.29, 0.717) is 17.0 Å². The molecular weight excluding hydrogens is 354 g/mol. The number of amides is 1. The Bertz CT molecular complexity index is 865. The average Bonchev–Trinajstić information content (AvgIpc) is 3.09. The Kier molecular flexibility index (Phi) is 6.04. The van der Waals surface area contributed by atoms with Crippen molar-refractivity contribution in [2.45, 2.75) is 53.8 Å². The Balaban J connectivity index is 2.09. The van der Waals surface area contributed by atoms with Gasteiger partial charge in [-0.25, -0.2) is 9.59 Å². The number of aromatic amines is 1. The Morgan fingerprint density at radius 3 is 2.33 bits per heavy atom. The predicted molar refractivity (Wildman–Crippen MR) is 95.6 cm³/mol. The number of esters is 2. The van der Waals surface area contributed by atoms with Crippen LogP contribution < -0.4 is 5.32 Å². The lowest BCUT2D eigenvalue weighted by Crippen LogP contribution is -2.30. The van der Waals surface area contributed by atoms with Crippen molar-refractivity contribution in [1.29, 1.82) is 0 Å². The van der Waals surface area contributed by atoms with Crippen molar-refractivity contribution in [3.05, 3.63) is 34.3 Å². The lowest BCUT2D eigenvalue weighted by molar-refractivity contribution is -0.123. The molecule has 0 saturated heterocycles. The fourth-order valence-corrected chi connectivity index (χ4v) is 2.46. The fraction of sp³-hybridized carbons (Fsp3) is 0.444. The van der Waals surface area contributed by atoms with Gasteiger partial charge in [-0.15, -0.1) is 0 Å². The minimum Gasteiger partial charge on any atom is -0.459 e. The number of hydrogen-bond donors (Lipinski definition) is 2. The van der Waals surface area contributed by atoms with E-state index in [-0.39, 0.29) is 23.2 Å². The van der Waals surface area contributed by atoms with Crippen molar-refractivity contribution < 1.29 is 28.4 Å². The second-order valence-corrected chi connectivity index (χ2v) is 6.44. The van der Waals surface area contributed by atoms with E-state index in [1.165, 1.54) is 13.0 Å². The van der Waals surface area contributed by atoms with Crippen LogP contribution in [0.15, 0.2) is 10.6 Å². The molecule has 0 aliphatic carbocycles. The van der Waals surface area contributed by atoms with Gasteiger partial charge in [0.1, 0.15) is 11.5 Å². The van der Waals surface area contributed by atoms with Crippen molar-refractivity contribution in [3.63, 3.8) is 0 Å². The van der Waals surface area contributed by atoms with Crippen LogP contribution in [0.3, 0.4) is 0 Å². The molecule has 0 spiro atoms. The number of nitrogens with one attached hydrogen (secondary N) is 2. The van der Waals surface area contributed by atoms with E-state index in [9.17, 15) is 14.4 Å². The van der Waals surface area contributed by atoms with E-state index in [0.717, 1.165) is 0 Å². The number of hydrogen-bond acceptors (Lipinski definition) is 7. The quantitative estimate of drug-likeness (QED) is 0.742. The van der Waals surface area contributed by atoms with Gasteiger partial charge in [-0.2, -0.15) is 0 Å². The maximum atomic E-state index is 12.4. The van der Waals surface area contributed by atoms with E-state index < -0.39 is 23.9 Å². The number of rotatable bonds is 6. The molecule has 0 radical (unpaired) electrons. The van der Waals surface area contributed by atoms with Gasteiger partial charge in [0.2, 0.25) is 0 Å². The number of aromatic nitrogens is 2. The second kappa shape index (κ2) is 8.07. The summed E-state index contributed by atoms with van der Waals surface area (Å²) in [5, 5.41) is 6.13. The van der Waals surface area contributed by atoms with Crippen LogP contribution in [0.25, 0.3) is 0 Å². The first-order valence-corrected chi connectivity index (χ1v) is 8.45. The summed E-state index contributed by atoms with van der Waals surface area (Å²) in [5.74, 6) is -1.07. The van der Waals surface area contributed by atoms with E-state index in [1.54, 1.807) is 34.6 Å². The molecule has 1 atom stereocenters. The highest BCUT2D eigenvalue weighted by Gasteiger charge is 2.27. The van der Waals surface area contributed by atoms with Crippen LogP contribution in [0.4, 0.5) is 5.82 Å². The number of anilines is 1. The first-order chi connectivity index (χ1) is 12.6. The van der Waals surface area contributed by atoms with Crippen LogP contribution in [0.5, 0.6) is 0 Å². The summed E-state index contributed by atoms with van der Waals surface area (Å²) in [4.78, 5) is 39.6. The van der Waals surface area contributed by atoms with Crippen molar-refractivity contribution in [1.82, 2.24) is 10.1 Å². The minimum absolute atomic E-state index is 0.0973. The van der Waals surface area contributed by atoms with Gasteiger partial charge in [0.05, 0.1) is 11.7 Å². The van der Waals surface area contributed by atoms with E-state index >= 15 is 0 Å². The average molecular weight is 377 g/mol. The molecule has 2 aromatic heterocycles. The molecule has 2 aromatic rings. The Labute approximate surface area is 156 Å². The Morgan fingerprint density at radius 1 is 1.11 bits per heavy atom. The third-order valence-corrected chi connectivity index (χ3v) is 3.72. The van der Waals surface area contributed by atoms with E-state index in [2.05, 4.69) is 15.5 Å². The molecule has 27 heavy (non-hydrogen) atoms. The molecule has 9 heteroatoms. The molecule has 0 aliphatic heterocycles. The molecule has 0 aromatic carbocycles. The van der Waals surface area contributed by atoms with Crippen LogP contribution in [0, 0.1) is 20.8 Å². The van der Waals surface area contributed by atoms with Gasteiger partial charge in [-0.3, -0.25) is 4.79 Å². The molecule has 2 heterocycles. The summed E-state index contributed by atoms with van der Waals surface area (Å²) in [7, 11) is 0. The zero-order valence-electron chi connectivity index (χ0n) is 16.1. The van der Waals surface area contributed by atoms with E-state index in [4.69, 9.17) is 14.0 Å². The molecule has 9 nitrogen and oxygen atoms in total. The number of ether oxygens (including phenoxy) is 2. The van der Waals surface area contributed by atoms with Gasteiger partial charge in [-0.05, 0) is 47.1 Å². The van der Waals surface area contributed by atoms with Gasteiger partial charge >= 0.3 is 11.9 Å². The molecule has 0 aliphatic rings. The maximum absolute atomic E-state index is 12.4. The fourth-order valence-electron chi connectivity index (χ4n) is 2.46. The summed E-state index contributed by atoms with van der Waals surface area (Å²) < 4.78 is 15.2. The number of nitrogens with zero attached hydrogens (tertiary/aromatic N) is 1. The molecule has 2 N–H and O–H groups in total. The van der Waals surface area contributed by atoms with E-state index in [1.807, 2.05) is 0 Å². The molecule has 1 amide bonds. The first kappa shape index (κ1) is 20.2. The van der Waals surface area contributed by atoms with Crippen LogP contribution in [-0.4, -0.2) is 40.2 Å². The van der Waals surface area contributed by atoms with Crippen LogP contribution in [-0.2, 0) is 14.3 Å². The zero-order chi connectivity index (χ0) is 20.3. The molecule has 146 valence electrons. The lowest BCUT2D eigenvalue weighted by atomic mass is 10.1. The Hall–Kier alpha value is -3.10. The van der Waals surface area contributed by atoms with Gasteiger partial charge in [0.25, 0.3) is 5.91 Å². The number of H-pyrrole nitrogens is 1. The third-order valence-electron chi connectivity index (χ3n) is 3.72. The molecule has 0 bridgehead atoms. The number of carbonyl (C=O) groups excluding carboxylic acids is 3. The van der Waals surface area contributed by atoms with Gasteiger partial charge in [-0.1, -0.05) is 5.16 Å². The third kappa shape index (κ3) is 4.75. The lowest BCUT2D eigenvalue weighted by Gasteiger charge is -2.12. The SMILES string of the molecule is Cc1cc(NC(=O)[C@H](C)OC(=O)c2[nH]c(C)c(C(=O)OC(C)C)c2C)no1. The first-order valence-electron chi connectivity index (χ1n) is 8.45. The Morgan fingerprint density at radius 2 is 1.78 bits per heavy atom. The highest BCUT2D eigenvalue weighted by atomic mass is 16.6. The van der Waals surface area contributed by atoms with Gasteiger partial charge < -0.3 is 24.3 Å². The van der Waals surface area contributed by atoms with Crippen molar-refractivity contribution in [2.24, 2.45) is 0 Å². The van der Waals surface area contributed by atoms with Crippen LogP contribution in [0.2, 0.25) is 0 Å². The molecule has 0 unspecified atom stereocenters. The highest BCUT2D eigenvalue weighted by molar-refractivity contribution is 6.00. The normalized spacial score (nSPS) is 12.0. The standard InChI is InChI=1S/C18H23N3O6/c1-8(2)25-17(23)14-10(4)15(19-11(14)5)18(24)26-12(6)16(22)20-13-7-9(3)27-21-13/h7-8,12,19H,1-6H3,(H,20,21,22)/t12-/m0/s1. The monoisotopic (exact) mass is 377 g/mol. The summed E-state index contributed by atoms with van der Waals surface area (Å²) in [5.41, 5.74) is 1.27. The molecule has 0 saturated carbocycles. The molecular formula is C18H23N3O6. The van der Waals surface area contributed by atoms with Crippen molar-refractivity contribution in [3.8, 4) is 0 Å². The predicted octanol–water partition coefficient (Wildman–Crippen LogP) is 2.68. The van der Waals surface area contributed by atoms with Crippen molar-refractivity contribution in [2.75, 3.05) is 5.32 Å². The largest absolute Gasteiger partial charge is 0.459 e. The highest BCUT2D eigenvalue weighted by Crippen LogP contribution is 2.21.